The van der Waals surface area contributed by atoms with E-state index in [1.807, 2.05) is 0 Å². The van der Waals surface area contributed by atoms with Gasteiger partial charge in [-0.15, -0.1) is 0 Å². The van der Waals surface area contributed by atoms with Crippen LogP contribution in [0.1, 0.15) is 91.9 Å². The molecule has 0 aliphatic heterocycles. The monoisotopic (exact) mass is 294 g/mol. The van der Waals surface area contributed by atoms with E-state index in [1.54, 1.807) is 0 Å². The van der Waals surface area contributed by atoms with Gasteiger partial charge in [0.2, 0.25) is 0 Å². The highest BCUT2D eigenvalue weighted by atomic mass is 16.3. The van der Waals surface area contributed by atoms with Crippen LogP contribution >= 0.6 is 0 Å². The average Bonchev–Trinajstić information content (AvgIpc) is 2.45. The largest absolute Gasteiger partial charge is 0.393 e. The molecule has 0 aromatic heterocycles. The molecule has 1 nitrogen and oxygen atoms in total. The maximum atomic E-state index is 10.6. The van der Waals surface area contributed by atoms with E-state index in [1.165, 1.54) is 57.8 Å². The molecule has 0 aromatic carbocycles. The zero-order valence-electron chi connectivity index (χ0n) is 14.9. The minimum absolute atomic E-state index is 0.0541. The topological polar surface area (TPSA) is 20.2 Å². The first-order chi connectivity index (χ1) is 9.96. The van der Waals surface area contributed by atoms with Crippen LogP contribution in [0.2, 0.25) is 0 Å². The van der Waals surface area contributed by atoms with Crippen LogP contribution in [-0.2, 0) is 0 Å². The van der Waals surface area contributed by atoms with Gasteiger partial charge in [0.1, 0.15) is 0 Å². The minimum atomic E-state index is -0.0541. The Morgan fingerprint density at radius 3 is 2.29 bits per heavy atom. The van der Waals surface area contributed by atoms with Crippen molar-refractivity contribution in [3.8, 4) is 0 Å². The van der Waals surface area contributed by atoms with Crippen molar-refractivity contribution in [2.45, 2.75) is 98.0 Å². The molecule has 1 N–H and O–H groups in total. The Labute approximate surface area is 132 Å². The smallest absolute Gasteiger partial charge is 0.0576 e. The van der Waals surface area contributed by atoms with E-state index >= 15 is 0 Å². The number of hydrogen-bond donors (Lipinski definition) is 1. The van der Waals surface area contributed by atoms with Crippen LogP contribution in [0.5, 0.6) is 0 Å². The van der Waals surface area contributed by atoms with E-state index in [-0.39, 0.29) is 6.10 Å². The van der Waals surface area contributed by atoms with Crippen molar-refractivity contribution in [2.24, 2.45) is 29.1 Å². The van der Waals surface area contributed by atoms with Crippen LogP contribution in [0.3, 0.4) is 0 Å². The molecule has 1 heteroatoms. The SMILES string of the molecule is CCCCC1CCC(C2(C)CC[C@@H](C(C)C)[C@H](O)C2)CC1. The first kappa shape index (κ1) is 17.3. The third-order valence-electron chi connectivity index (χ3n) is 6.87. The summed E-state index contributed by atoms with van der Waals surface area (Å²) in [6.45, 7) is 9.33. The molecule has 0 amide bonds. The quantitative estimate of drug-likeness (QED) is 0.678. The zero-order valence-corrected chi connectivity index (χ0v) is 14.9. The Hall–Kier alpha value is -0.0400. The number of hydrogen-bond acceptors (Lipinski definition) is 1. The van der Waals surface area contributed by atoms with Crippen LogP contribution in [0, 0.1) is 29.1 Å². The van der Waals surface area contributed by atoms with Gasteiger partial charge in [0, 0.05) is 0 Å². The molecule has 1 unspecified atom stereocenters. The highest BCUT2D eigenvalue weighted by Gasteiger charge is 2.43. The van der Waals surface area contributed by atoms with Gasteiger partial charge >= 0.3 is 0 Å². The summed E-state index contributed by atoms with van der Waals surface area (Å²) in [4.78, 5) is 0. The van der Waals surface area contributed by atoms with Crippen molar-refractivity contribution in [2.75, 3.05) is 0 Å². The molecule has 0 saturated heterocycles. The standard InChI is InChI=1S/C20H38O/c1-5-6-7-16-8-10-17(11-9-16)20(4)13-12-18(15(2)3)19(21)14-20/h15-19,21H,5-14H2,1-4H3/t16?,17?,18-,19+,20?/m0/s1. The number of aliphatic hydroxyl groups excluding tert-OH is 1. The van der Waals surface area contributed by atoms with Gasteiger partial charge in [0.25, 0.3) is 0 Å². The first-order valence-corrected chi connectivity index (χ1v) is 9.64. The van der Waals surface area contributed by atoms with Gasteiger partial charge in [-0.05, 0) is 61.2 Å². The van der Waals surface area contributed by atoms with Crippen molar-refractivity contribution >= 4 is 0 Å². The van der Waals surface area contributed by atoms with E-state index < -0.39 is 0 Å². The second kappa shape index (κ2) is 7.49. The molecule has 21 heavy (non-hydrogen) atoms. The van der Waals surface area contributed by atoms with Gasteiger partial charge in [-0.2, -0.15) is 0 Å². The summed E-state index contributed by atoms with van der Waals surface area (Å²) in [5.41, 5.74) is 0.417. The molecule has 0 heterocycles. The van der Waals surface area contributed by atoms with Crippen LogP contribution in [0.4, 0.5) is 0 Å². The van der Waals surface area contributed by atoms with Crippen molar-refractivity contribution in [1.82, 2.24) is 0 Å². The lowest BCUT2D eigenvalue weighted by Crippen LogP contribution is -2.42. The molecule has 0 aromatic rings. The highest BCUT2D eigenvalue weighted by molar-refractivity contribution is 4.94. The summed E-state index contributed by atoms with van der Waals surface area (Å²) in [6.07, 6.45) is 13.5. The van der Waals surface area contributed by atoms with E-state index in [0.717, 1.165) is 18.3 Å². The Morgan fingerprint density at radius 2 is 1.76 bits per heavy atom. The van der Waals surface area contributed by atoms with E-state index in [2.05, 4.69) is 27.7 Å². The fourth-order valence-electron chi connectivity index (χ4n) is 5.21. The molecule has 2 fully saturated rings. The summed E-state index contributed by atoms with van der Waals surface area (Å²) >= 11 is 0. The molecular weight excluding hydrogens is 256 g/mol. The summed E-state index contributed by atoms with van der Waals surface area (Å²) in [5.74, 6) is 3.05. The molecule has 0 radical (unpaired) electrons. The summed E-state index contributed by atoms with van der Waals surface area (Å²) in [7, 11) is 0. The Bertz CT molecular complexity index is 303. The molecule has 2 saturated carbocycles. The van der Waals surface area contributed by atoms with Gasteiger partial charge in [-0.25, -0.2) is 0 Å². The second-order valence-electron chi connectivity index (χ2n) is 8.73. The molecule has 0 spiro atoms. The van der Waals surface area contributed by atoms with Gasteiger partial charge in [-0.3, -0.25) is 0 Å². The van der Waals surface area contributed by atoms with Gasteiger partial charge < -0.3 is 5.11 Å². The maximum absolute atomic E-state index is 10.6. The highest BCUT2D eigenvalue weighted by Crippen LogP contribution is 2.51. The van der Waals surface area contributed by atoms with Crippen molar-refractivity contribution in [3.05, 3.63) is 0 Å². The molecule has 2 aliphatic rings. The molecule has 2 rings (SSSR count). The number of rotatable bonds is 5. The lowest BCUT2D eigenvalue weighted by Gasteiger charge is -2.48. The lowest BCUT2D eigenvalue weighted by atomic mass is 9.58. The minimum Gasteiger partial charge on any atom is -0.393 e. The first-order valence-electron chi connectivity index (χ1n) is 9.64. The molecule has 124 valence electrons. The van der Waals surface area contributed by atoms with Gasteiger partial charge in [0.15, 0.2) is 0 Å². The van der Waals surface area contributed by atoms with Crippen LogP contribution in [0.25, 0.3) is 0 Å². The van der Waals surface area contributed by atoms with Gasteiger partial charge in [0.05, 0.1) is 6.10 Å². The summed E-state index contributed by atoms with van der Waals surface area (Å²) in [6, 6.07) is 0. The summed E-state index contributed by atoms with van der Waals surface area (Å²) in [5, 5.41) is 10.6. The Morgan fingerprint density at radius 1 is 1.10 bits per heavy atom. The third kappa shape index (κ3) is 4.24. The maximum Gasteiger partial charge on any atom is 0.0576 e. The Balaban J connectivity index is 1.85. The zero-order chi connectivity index (χ0) is 15.5. The lowest BCUT2D eigenvalue weighted by molar-refractivity contribution is -0.0445. The van der Waals surface area contributed by atoms with Gasteiger partial charge in [-0.1, -0.05) is 59.8 Å². The summed E-state index contributed by atoms with van der Waals surface area (Å²) < 4.78 is 0. The van der Waals surface area contributed by atoms with Crippen molar-refractivity contribution in [1.29, 1.82) is 0 Å². The Kier molecular flexibility index (Phi) is 6.17. The molecule has 2 aliphatic carbocycles. The van der Waals surface area contributed by atoms with E-state index in [9.17, 15) is 5.11 Å². The van der Waals surface area contributed by atoms with Crippen LogP contribution in [0.15, 0.2) is 0 Å². The third-order valence-corrected chi connectivity index (χ3v) is 6.87. The second-order valence-corrected chi connectivity index (χ2v) is 8.73. The predicted octanol–water partition coefficient (Wildman–Crippen LogP) is 5.81. The molecule has 3 atom stereocenters. The van der Waals surface area contributed by atoms with E-state index in [0.29, 0.717) is 17.3 Å². The molecular formula is C20H38O. The average molecular weight is 295 g/mol. The van der Waals surface area contributed by atoms with Crippen molar-refractivity contribution in [3.63, 3.8) is 0 Å². The fourth-order valence-corrected chi connectivity index (χ4v) is 5.21. The number of unbranched alkanes of at least 4 members (excludes halogenated alkanes) is 1. The van der Waals surface area contributed by atoms with Crippen LogP contribution < -0.4 is 0 Å². The predicted molar refractivity (Wildman–Crippen MR) is 91.3 cm³/mol. The number of aliphatic hydroxyl groups is 1. The normalized spacial score (nSPS) is 41.4. The van der Waals surface area contributed by atoms with E-state index in [4.69, 9.17) is 0 Å². The van der Waals surface area contributed by atoms with Crippen LogP contribution in [-0.4, -0.2) is 11.2 Å². The van der Waals surface area contributed by atoms with Crippen molar-refractivity contribution < 1.29 is 5.11 Å². The molecule has 0 bridgehead atoms. The fraction of sp³-hybridized carbons (Fsp3) is 1.00.